The summed E-state index contributed by atoms with van der Waals surface area (Å²) in [4.78, 5) is 21.7. The van der Waals surface area contributed by atoms with E-state index in [2.05, 4.69) is 21.7 Å². The zero-order valence-electron chi connectivity index (χ0n) is 19.4. The molecule has 0 spiro atoms. The number of aromatic nitrogens is 3. The Morgan fingerprint density at radius 2 is 1.91 bits per heavy atom. The topological polar surface area (TPSA) is 45.2 Å². The van der Waals surface area contributed by atoms with Gasteiger partial charge in [-0.15, -0.1) is 11.3 Å². The molecule has 4 heterocycles. The van der Waals surface area contributed by atoms with Gasteiger partial charge in [0.2, 0.25) is 0 Å². The SMILES string of the molecule is CC1CCc2c(sc3nc(-c4cccnc4)nc(N4CCN(Cc5ccccc5F)CC4)c23)C1. The van der Waals surface area contributed by atoms with Crippen molar-refractivity contribution in [3.63, 3.8) is 0 Å². The summed E-state index contributed by atoms with van der Waals surface area (Å²) in [5, 5.41) is 1.25. The van der Waals surface area contributed by atoms with Gasteiger partial charge in [0, 0.05) is 61.1 Å². The van der Waals surface area contributed by atoms with Crippen LogP contribution in [0.25, 0.3) is 21.6 Å². The molecule has 1 unspecified atom stereocenters. The molecule has 0 amide bonds. The number of rotatable bonds is 4. The Bertz CT molecular complexity index is 1310. The van der Waals surface area contributed by atoms with E-state index >= 15 is 0 Å². The molecule has 34 heavy (non-hydrogen) atoms. The van der Waals surface area contributed by atoms with Crippen LogP contribution in [0, 0.1) is 11.7 Å². The Kier molecular flexibility index (Phi) is 5.75. The Labute approximate surface area is 203 Å². The lowest BCUT2D eigenvalue weighted by Crippen LogP contribution is -2.46. The van der Waals surface area contributed by atoms with Crippen LogP contribution in [0.15, 0.2) is 48.8 Å². The summed E-state index contributed by atoms with van der Waals surface area (Å²) in [5.74, 6) is 2.40. The van der Waals surface area contributed by atoms with E-state index in [1.807, 2.05) is 41.8 Å². The Hall–Kier alpha value is -2.90. The summed E-state index contributed by atoms with van der Waals surface area (Å²) in [7, 11) is 0. The number of fused-ring (bicyclic) bond motifs is 3. The quantitative estimate of drug-likeness (QED) is 0.400. The maximum Gasteiger partial charge on any atom is 0.164 e. The number of nitrogens with zero attached hydrogens (tertiary/aromatic N) is 5. The van der Waals surface area contributed by atoms with E-state index in [1.165, 1.54) is 22.2 Å². The molecule has 4 aromatic rings. The third-order valence-corrected chi connectivity index (χ3v) is 8.23. The predicted octanol–water partition coefficient (Wildman–Crippen LogP) is 5.34. The number of thiophene rings is 1. The van der Waals surface area contributed by atoms with E-state index in [0.29, 0.717) is 6.54 Å². The summed E-state index contributed by atoms with van der Waals surface area (Å²) in [6.07, 6.45) is 7.08. The minimum atomic E-state index is -0.123. The number of halogens is 1. The van der Waals surface area contributed by atoms with Gasteiger partial charge in [0.05, 0.1) is 5.39 Å². The van der Waals surface area contributed by atoms with E-state index in [1.54, 1.807) is 18.3 Å². The molecule has 1 fully saturated rings. The first-order valence-corrected chi connectivity index (χ1v) is 12.9. The van der Waals surface area contributed by atoms with Crippen LogP contribution >= 0.6 is 11.3 Å². The van der Waals surface area contributed by atoms with Crippen molar-refractivity contribution in [2.45, 2.75) is 32.7 Å². The molecule has 7 heteroatoms. The maximum absolute atomic E-state index is 14.2. The molecular weight excluding hydrogens is 445 g/mol. The summed E-state index contributed by atoms with van der Waals surface area (Å²) >= 11 is 1.84. The van der Waals surface area contributed by atoms with Gasteiger partial charge in [-0.1, -0.05) is 25.1 Å². The number of anilines is 1. The second kappa shape index (κ2) is 9.04. The molecule has 174 valence electrons. The molecule has 0 N–H and O–H groups in total. The number of pyridine rings is 1. The largest absolute Gasteiger partial charge is 0.353 e. The van der Waals surface area contributed by atoms with Crippen molar-refractivity contribution >= 4 is 27.4 Å². The van der Waals surface area contributed by atoms with Gasteiger partial charge in [-0.2, -0.15) is 0 Å². The predicted molar refractivity (Wildman–Crippen MR) is 136 cm³/mol. The van der Waals surface area contributed by atoms with Crippen LogP contribution in [0.5, 0.6) is 0 Å². The standard InChI is InChI=1S/C27H28FN5S/c1-18-8-9-21-23(15-18)34-27-24(21)26(30-25(31-27)19-6-4-10-29-16-19)33-13-11-32(12-14-33)17-20-5-2-3-7-22(20)28/h2-7,10,16,18H,8-9,11-15,17H2,1H3. The van der Waals surface area contributed by atoms with Crippen LogP contribution in [0.2, 0.25) is 0 Å². The average molecular weight is 474 g/mol. The second-order valence-electron chi connectivity index (χ2n) is 9.50. The molecule has 1 saturated heterocycles. The monoisotopic (exact) mass is 473 g/mol. The van der Waals surface area contributed by atoms with E-state index in [9.17, 15) is 4.39 Å². The molecule has 1 aliphatic carbocycles. The van der Waals surface area contributed by atoms with Crippen LogP contribution in [-0.4, -0.2) is 46.0 Å². The molecule has 5 nitrogen and oxygen atoms in total. The highest BCUT2D eigenvalue weighted by Crippen LogP contribution is 2.42. The summed E-state index contributed by atoms with van der Waals surface area (Å²) in [6.45, 7) is 6.49. The Morgan fingerprint density at radius 3 is 2.71 bits per heavy atom. The Balaban J connectivity index is 1.33. The minimum absolute atomic E-state index is 0.123. The number of hydrogen-bond donors (Lipinski definition) is 0. The molecule has 0 radical (unpaired) electrons. The molecule has 1 aliphatic heterocycles. The average Bonchev–Trinajstić information content (AvgIpc) is 3.23. The van der Waals surface area contributed by atoms with Gasteiger partial charge in [-0.3, -0.25) is 9.88 Å². The zero-order valence-corrected chi connectivity index (χ0v) is 20.2. The van der Waals surface area contributed by atoms with Crippen molar-refractivity contribution in [1.82, 2.24) is 19.9 Å². The van der Waals surface area contributed by atoms with E-state index in [0.717, 1.165) is 72.5 Å². The number of piperazine rings is 1. The highest BCUT2D eigenvalue weighted by molar-refractivity contribution is 7.19. The van der Waals surface area contributed by atoms with Gasteiger partial charge in [-0.25, -0.2) is 14.4 Å². The lowest BCUT2D eigenvalue weighted by molar-refractivity contribution is 0.246. The number of benzene rings is 1. The third-order valence-electron chi connectivity index (χ3n) is 7.08. The summed E-state index contributed by atoms with van der Waals surface area (Å²) < 4.78 is 14.2. The van der Waals surface area contributed by atoms with Crippen LogP contribution in [0.1, 0.15) is 29.3 Å². The van der Waals surface area contributed by atoms with Gasteiger partial charge >= 0.3 is 0 Å². The van der Waals surface area contributed by atoms with E-state index < -0.39 is 0 Å². The van der Waals surface area contributed by atoms with E-state index in [4.69, 9.17) is 9.97 Å². The Morgan fingerprint density at radius 1 is 1.06 bits per heavy atom. The summed E-state index contributed by atoms with van der Waals surface area (Å²) in [6, 6.07) is 11.1. The molecule has 6 rings (SSSR count). The first kappa shape index (κ1) is 21.6. The van der Waals surface area contributed by atoms with Crippen molar-refractivity contribution in [1.29, 1.82) is 0 Å². The lowest BCUT2D eigenvalue weighted by Gasteiger charge is -2.36. The van der Waals surface area contributed by atoms with Gasteiger partial charge < -0.3 is 4.90 Å². The molecule has 1 aromatic carbocycles. The van der Waals surface area contributed by atoms with Gasteiger partial charge in [-0.05, 0) is 48.9 Å². The fourth-order valence-corrected chi connectivity index (χ4v) is 6.54. The van der Waals surface area contributed by atoms with Crippen LogP contribution < -0.4 is 4.90 Å². The highest BCUT2D eigenvalue weighted by Gasteiger charge is 2.28. The van der Waals surface area contributed by atoms with Crippen LogP contribution in [-0.2, 0) is 19.4 Å². The fraction of sp³-hybridized carbons (Fsp3) is 0.370. The van der Waals surface area contributed by atoms with Crippen molar-refractivity contribution in [3.8, 4) is 11.4 Å². The van der Waals surface area contributed by atoms with Crippen molar-refractivity contribution in [3.05, 3.63) is 70.6 Å². The molecular formula is C27H28FN5S. The van der Waals surface area contributed by atoms with Crippen LogP contribution in [0.4, 0.5) is 10.2 Å². The van der Waals surface area contributed by atoms with Gasteiger partial charge in [0.1, 0.15) is 16.5 Å². The molecule has 0 bridgehead atoms. The first-order chi connectivity index (χ1) is 16.7. The number of hydrogen-bond acceptors (Lipinski definition) is 6. The van der Waals surface area contributed by atoms with Crippen molar-refractivity contribution in [2.75, 3.05) is 31.1 Å². The highest BCUT2D eigenvalue weighted by atomic mass is 32.1. The normalized spacial score (nSPS) is 18.9. The molecule has 1 atom stereocenters. The number of aryl methyl sites for hydroxylation is 1. The first-order valence-electron chi connectivity index (χ1n) is 12.1. The molecule has 3 aromatic heterocycles. The fourth-order valence-electron chi connectivity index (χ4n) is 5.16. The van der Waals surface area contributed by atoms with Gasteiger partial charge in [0.15, 0.2) is 5.82 Å². The molecule has 2 aliphatic rings. The van der Waals surface area contributed by atoms with Crippen molar-refractivity contribution < 1.29 is 4.39 Å². The van der Waals surface area contributed by atoms with Crippen LogP contribution in [0.3, 0.4) is 0 Å². The lowest BCUT2D eigenvalue weighted by atomic mass is 9.89. The van der Waals surface area contributed by atoms with Gasteiger partial charge in [0.25, 0.3) is 0 Å². The summed E-state index contributed by atoms with van der Waals surface area (Å²) in [5.41, 5.74) is 3.17. The van der Waals surface area contributed by atoms with Crippen molar-refractivity contribution in [2.24, 2.45) is 5.92 Å². The maximum atomic E-state index is 14.2. The minimum Gasteiger partial charge on any atom is -0.353 e. The zero-order chi connectivity index (χ0) is 23.1. The smallest absolute Gasteiger partial charge is 0.164 e. The third kappa shape index (κ3) is 4.07. The second-order valence-corrected chi connectivity index (χ2v) is 10.6. The van der Waals surface area contributed by atoms with E-state index in [-0.39, 0.29) is 5.82 Å². The molecule has 0 saturated carbocycles.